The van der Waals surface area contributed by atoms with Crippen molar-refractivity contribution in [2.45, 2.75) is 26.8 Å². The zero-order valence-corrected chi connectivity index (χ0v) is 14.1. The normalized spacial score (nSPS) is 10.8. The molecule has 0 fully saturated rings. The summed E-state index contributed by atoms with van der Waals surface area (Å²) in [4.78, 5) is 0. The Morgan fingerprint density at radius 1 is 1.05 bits per heavy atom. The maximum atomic E-state index is 5.94. The molecule has 2 rings (SSSR count). The van der Waals surface area contributed by atoms with E-state index in [1.807, 2.05) is 18.2 Å². The maximum Gasteiger partial charge on any atom is 0.0488 e. The number of hydrogen-bond acceptors (Lipinski definition) is 1. The molecular weight excluding hydrogens is 334 g/mol. The average molecular weight is 353 g/mol. The van der Waals surface area contributed by atoms with Crippen molar-refractivity contribution in [3.63, 3.8) is 0 Å². The summed E-state index contributed by atoms with van der Waals surface area (Å²) in [5, 5.41) is 4.15. The molecule has 0 bridgehead atoms. The van der Waals surface area contributed by atoms with Gasteiger partial charge in [-0.3, -0.25) is 0 Å². The largest absolute Gasteiger partial charge is 0.380 e. The molecule has 20 heavy (non-hydrogen) atoms. The van der Waals surface area contributed by atoms with E-state index in [4.69, 9.17) is 11.6 Å². The van der Waals surface area contributed by atoms with Gasteiger partial charge in [-0.15, -0.1) is 0 Å². The van der Waals surface area contributed by atoms with Gasteiger partial charge in [-0.25, -0.2) is 0 Å². The lowest BCUT2D eigenvalue weighted by atomic mass is 10.0. The van der Waals surface area contributed by atoms with Gasteiger partial charge in [0.1, 0.15) is 0 Å². The van der Waals surface area contributed by atoms with E-state index in [-0.39, 0.29) is 0 Å². The van der Waals surface area contributed by atoms with Crippen LogP contribution in [0.1, 0.15) is 25.0 Å². The highest BCUT2D eigenvalue weighted by Gasteiger charge is 2.01. The van der Waals surface area contributed by atoms with E-state index >= 15 is 0 Å². The Balaban J connectivity index is 1.96. The van der Waals surface area contributed by atoms with Gasteiger partial charge in [-0.05, 0) is 57.6 Å². The molecule has 2 aromatic rings. The zero-order chi connectivity index (χ0) is 14.5. The summed E-state index contributed by atoms with van der Waals surface area (Å²) in [5.74, 6) is 0.698. The Labute approximate surface area is 134 Å². The summed E-state index contributed by atoms with van der Waals surface area (Å²) in [6.07, 6.45) is 1.14. The first-order valence-electron chi connectivity index (χ1n) is 6.81. The van der Waals surface area contributed by atoms with Gasteiger partial charge >= 0.3 is 0 Å². The second-order valence-corrected chi connectivity index (χ2v) is 6.68. The van der Waals surface area contributed by atoms with Gasteiger partial charge in [-0.1, -0.05) is 49.7 Å². The van der Waals surface area contributed by atoms with Crippen molar-refractivity contribution in [1.82, 2.24) is 0 Å². The number of nitrogens with one attached hydrogen (secondary N) is 1. The van der Waals surface area contributed by atoms with Gasteiger partial charge in [0.2, 0.25) is 0 Å². The summed E-state index contributed by atoms with van der Waals surface area (Å²) in [6.45, 7) is 5.29. The van der Waals surface area contributed by atoms with E-state index in [1.165, 1.54) is 11.1 Å². The molecule has 0 aromatic heterocycles. The Kier molecular flexibility index (Phi) is 5.50. The summed E-state index contributed by atoms with van der Waals surface area (Å²) >= 11 is 9.45. The zero-order valence-electron chi connectivity index (χ0n) is 11.8. The van der Waals surface area contributed by atoms with E-state index in [0.717, 1.165) is 28.1 Å². The standard InChI is InChI=1S/C17H19BrClN/c1-12(2)9-13-3-5-14(6-4-13)11-20-17-8-7-15(19)10-16(17)18/h3-8,10,12,20H,9,11H2,1-2H3. The predicted molar refractivity (Wildman–Crippen MR) is 91.5 cm³/mol. The monoisotopic (exact) mass is 351 g/mol. The molecule has 0 unspecified atom stereocenters. The average Bonchev–Trinajstić information content (AvgIpc) is 2.39. The van der Waals surface area contributed by atoms with Gasteiger partial charge in [0.05, 0.1) is 0 Å². The van der Waals surface area contributed by atoms with Gasteiger partial charge in [0.25, 0.3) is 0 Å². The van der Waals surface area contributed by atoms with Crippen LogP contribution in [-0.4, -0.2) is 0 Å². The highest BCUT2D eigenvalue weighted by molar-refractivity contribution is 9.10. The quantitative estimate of drug-likeness (QED) is 0.705. The van der Waals surface area contributed by atoms with Crippen molar-refractivity contribution in [3.05, 3.63) is 63.1 Å². The van der Waals surface area contributed by atoms with Crippen LogP contribution in [0.4, 0.5) is 5.69 Å². The molecular formula is C17H19BrClN. The molecule has 0 saturated carbocycles. The number of rotatable bonds is 5. The third kappa shape index (κ3) is 4.53. The first-order chi connectivity index (χ1) is 9.54. The summed E-state index contributed by atoms with van der Waals surface area (Å²) in [6, 6.07) is 14.6. The van der Waals surface area contributed by atoms with Crippen LogP contribution in [0.15, 0.2) is 46.9 Å². The number of anilines is 1. The minimum atomic E-state index is 0.698. The van der Waals surface area contributed by atoms with Gasteiger partial charge in [0.15, 0.2) is 0 Å². The summed E-state index contributed by atoms with van der Waals surface area (Å²) in [5.41, 5.74) is 3.73. The van der Waals surface area contributed by atoms with Gasteiger partial charge in [0, 0.05) is 21.7 Å². The molecule has 106 valence electrons. The number of benzene rings is 2. The van der Waals surface area contributed by atoms with Crippen molar-refractivity contribution in [1.29, 1.82) is 0 Å². The molecule has 0 atom stereocenters. The van der Waals surface area contributed by atoms with Gasteiger partial charge in [-0.2, -0.15) is 0 Å². The minimum Gasteiger partial charge on any atom is -0.380 e. The second-order valence-electron chi connectivity index (χ2n) is 5.39. The van der Waals surface area contributed by atoms with Crippen LogP contribution in [0, 0.1) is 5.92 Å². The minimum absolute atomic E-state index is 0.698. The van der Waals surface area contributed by atoms with Crippen LogP contribution < -0.4 is 5.32 Å². The highest BCUT2D eigenvalue weighted by atomic mass is 79.9. The van der Waals surface area contributed by atoms with Crippen molar-refractivity contribution in [2.24, 2.45) is 5.92 Å². The molecule has 0 saturated heterocycles. The first-order valence-corrected chi connectivity index (χ1v) is 7.98. The fourth-order valence-corrected chi connectivity index (χ4v) is 2.92. The van der Waals surface area contributed by atoms with E-state index in [2.05, 4.69) is 59.4 Å². The van der Waals surface area contributed by atoms with Crippen LogP contribution >= 0.6 is 27.5 Å². The van der Waals surface area contributed by atoms with Crippen molar-refractivity contribution < 1.29 is 0 Å². The molecule has 0 amide bonds. The van der Waals surface area contributed by atoms with Crippen molar-refractivity contribution in [3.8, 4) is 0 Å². The lowest BCUT2D eigenvalue weighted by Crippen LogP contribution is -2.00. The second kappa shape index (κ2) is 7.14. The lowest BCUT2D eigenvalue weighted by molar-refractivity contribution is 0.647. The van der Waals surface area contributed by atoms with Crippen LogP contribution in [0.5, 0.6) is 0 Å². The molecule has 0 heterocycles. The Morgan fingerprint density at radius 2 is 1.70 bits per heavy atom. The van der Waals surface area contributed by atoms with Crippen LogP contribution in [-0.2, 0) is 13.0 Å². The number of halogens is 2. The third-order valence-corrected chi connectivity index (χ3v) is 3.97. The van der Waals surface area contributed by atoms with Crippen molar-refractivity contribution >= 4 is 33.2 Å². The molecule has 0 spiro atoms. The molecule has 2 aromatic carbocycles. The summed E-state index contributed by atoms with van der Waals surface area (Å²) < 4.78 is 0.987. The predicted octanol–water partition coefficient (Wildman–Crippen LogP) is 5.91. The lowest BCUT2D eigenvalue weighted by Gasteiger charge is -2.10. The Morgan fingerprint density at radius 3 is 2.30 bits per heavy atom. The fraction of sp³-hybridized carbons (Fsp3) is 0.294. The first kappa shape index (κ1) is 15.4. The van der Waals surface area contributed by atoms with Crippen LogP contribution in [0.2, 0.25) is 5.02 Å². The maximum absolute atomic E-state index is 5.94. The molecule has 0 aliphatic heterocycles. The van der Waals surface area contributed by atoms with E-state index in [0.29, 0.717) is 5.92 Å². The molecule has 1 nitrogen and oxygen atoms in total. The van der Waals surface area contributed by atoms with E-state index in [9.17, 15) is 0 Å². The highest BCUT2D eigenvalue weighted by Crippen LogP contribution is 2.26. The smallest absolute Gasteiger partial charge is 0.0488 e. The Hall–Kier alpha value is -0.990. The molecule has 3 heteroatoms. The van der Waals surface area contributed by atoms with Crippen molar-refractivity contribution in [2.75, 3.05) is 5.32 Å². The van der Waals surface area contributed by atoms with E-state index < -0.39 is 0 Å². The third-order valence-electron chi connectivity index (χ3n) is 3.08. The topological polar surface area (TPSA) is 12.0 Å². The van der Waals surface area contributed by atoms with Gasteiger partial charge < -0.3 is 5.32 Å². The van der Waals surface area contributed by atoms with Crippen LogP contribution in [0.25, 0.3) is 0 Å². The number of hydrogen-bond donors (Lipinski definition) is 1. The Bertz CT molecular complexity index is 564. The van der Waals surface area contributed by atoms with Crippen LogP contribution in [0.3, 0.4) is 0 Å². The molecule has 0 aliphatic carbocycles. The molecule has 0 aliphatic rings. The van der Waals surface area contributed by atoms with E-state index in [1.54, 1.807) is 0 Å². The molecule has 1 N–H and O–H groups in total. The summed E-state index contributed by atoms with van der Waals surface area (Å²) in [7, 11) is 0. The fourth-order valence-electron chi connectivity index (χ4n) is 2.09. The molecule has 0 radical (unpaired) electrons. The SMILES string of the molecule is CC(C)Cc1ccc(CNc2ccc(Cl)cc2Br)cc1.